The van der Waals surface area contributed by atoms with Crippen molar-refractivity contribution in [3.8, 4) is 0 Å². The molecular formula is C18H21FN4O. The highest BCUT2D eigenvalue weighted by molar-refractivity contribution is 5.92. The van der Waals surface area contributed by atoms with E-state index in [1.807, 2.05) is 18.2 Å². The van der Waals surface area contributed by atoms with Crippen LogP contribution in [-0.2, 0) is 13.1 Å². The minimum absolute atomic E-state index is 0.216. The Hall–Kier alpha value is -2.89. The topological polar surface area (TPSA) is 79.5 Å². The van der Waals surface area contributed by atoms with Crippen LogP contribution in [-0.4, -0.2) is 18.9 Å². The number of carbonyl (C=O) groups excluding carboxylic acids is 1. The fourth-order valence-electron chi connectivity index (χ4n) is 2.13. The Morgan fingerprint density at radius 3 is 2.21 bits per heavy atom. The van der Waals surface area contributed by atoms with Gasteiger partial charge in [0.25, 0.3) is 0 Å². The minimum atomic E-state index is -0.447. The fraction of sp³-hybridized carbons (Fsp3) is 0.222. The van der Waals surface area contributed by atoms with Crippen LogP contribution in [0.3, 0.4) is 0 Å². The van der Waals surface area contributed by atoms with Crippen LogP contribution < -0.4 is 16.4 Å². The van der Waals surface area contributed by atoms with E-state index in [2.05, 4.69) is 15.6 Å². The molecule has 2 rings (SSSR count). The van der Waals surface area contributed by atoms with E-state index in [-0.39, 0.29) is 5.82 Å². The molecule has 0 radical (unpaired) electrons. The number of amides is 1. The number of halogens is 1. The van der Waals surface area contributed by atoms with Crippen molar-refractivity contribution in [2.45, 2.75) is 20.0 Å². The highest BCUT2D eigenvalue weighted by Crippen LogP contribution is 2.09. The summed E-state index contributed by atoms with van der Waals surface area (Å²) in [7, 11) is 1.67. The molecule has 0 saturated carbocycles. The Morgan fingerprint density at radius 1 is 1.08 bits per heavy atom. The van der Waals surface area contributed by atoms with Gasteiger partial charge in [-0.3, -0.25) is 9.79 Å². The van der Waals surface area contributed by atoms with Crippen molar-refractivity contribution in [2.75, 3.05) is 7.05 Å². The smallest absolute Gasteiger partial charge is 0.248 e. The van der Waals surface area contributed by atoms with Gasteiger partial charge in [0, 0.05) is 25.7 Å². The maximum absolute atomic E-state index is 13.5. The number of carbonyl (C=O) groups is 1. The van der Waals surface area contributed by atoms with Gasteiger partial charge in [0.05, 0.1) is 0 Å². The standard InChI is InChI=1S/C18H21FN4O/c1-12-3-4-14(9-16(12)19)11-23-18(21-2)22-10-13-5-7-15(8-6-13)17(20)24/h3-9H,10-11H2,1-2H3,(H2,20,24)(H2,21,22,23). The summed E-state index contributed by atoms with van der Waals surface area (Å²) in [5.74, 6) is -0.0564. The lowest BCUT2D eigenvalue weighted by Gasteiger charge is -2.12. The van der Waals surface area contributed by atoms with Crippen molar-refractivity contribution in [1.82, 2.24) is 10.6 Å². The molecular weight excluding hydrogens is 307 g/mol. The van der Waals surface area contributed by atoms with Gasteiger partial charge in [0.1, 0.15) is 5.82 Å². The fourth-order valence-corrected chi connectivity index (χ4v) is 2.13. The second-order valence-electron chi connectivity index (χ2n) is 5.42. The van der Waals surface area contributed by atoms with Crippen LogP contribution >= 0.6 is 0 Å². The number of aliphatic imine (C=N–C) groups is 1. The summed E-state index contributed by atoms with van der Waals surface area (Å²) >= 11 is 0. The molecule has 2 aromatic rings. The summed E-state index contributed by atoms with van der Waals surface area (Å²) in [6.45, 7) is 2.75. The Balaban J connectivity index is 1.88. The number of guanidine groups is 1. The number of hydrogen-bond acceptors (Lipinski definition) is 2. The summed E-state index contributed by atoms with van der Waals surface area (Å²) in [4.78, 5) is 15.2. The minimum Gasteiger partial charge on any atom is -0.366 e. The maximum atomic E-state index is 13.5. The van der Waals surface area contributed by atoms with Crippen LogP contribution in [0.4, 0.5) is 4.39 Å². The zero-order chi connectivity index (χ0) is 17.5. The van der Waals surface area contributed by atoms with Crippen LogP contribution in [0.2, 0.25) is 0 Å². The Labute approximate surface area is 140 Å². The third kappa shape index (κ3) is 4.81. The maximum Gasteiger partial charge on any atom is 0.248 e. The van der Waals surface area contributed by atoms with Crippen molar-refractivity contribution in [2.24, 2.45) is 10.7 Å². The van der Waals surface area contributed by atoms with Crippen molar-refractivity contribution in [3.05, 3.63) is 70.5 Å². The predicted molar refractivity (Wildman–Crippen MR) is 93.1 cm³/mol. The molecule has 126 valence electrons. The molecule has 0 aliphatic rings. The predicted octanol–water partition coefficient (Wildman–Crippen LogP) is 2.10. The van der Waals surface area contributed by atoms with E-state index in [0.717, 1.165) is 11.1 Å². The third-order valence-corrected chi connectivity index (χ3v) is 3.62. The van der Waals surface area contributed by atoms with E-state index < -0.39 is 5.91 Å². The zero-order valence-electron chi connectivity index (χ0n) is 13.8. The van der Waals surface area contributed by atoms with Crippen LogP contribution in [0.1, 0.15) is 27.0 Å². The van der Waals surface area contributed by atoms with Gasteiger partial charge in [0.2, 0.25) is 5.91 Å². The first kappa shape index (κ1) is 17.5. The summed E-state index contributed by atoms with van der Waals surface area (Å²) in [5, 5.41) is 6.29. The van der Waals surface area contributed by atoms with Gasteiger partial charge in [-0.2, -0.15) is 0 Å². The largest absolute Gasteiger partial charge is 0.366 e. The number of nitrogens with two attached hydrogens (primary N) is 1. The molecule has 6 heteroatoms. The van der Waals surface area contributed by atoms with E-state index >= 15 is 0 Å². The molecule has 0 bridgehead atoms. The first-order valence-corrected chi connectivity index (χ1v) is 7.58. The molecule has 0 aliphatic carbocycles. The van der Waals surface area contributed by atoms with Gasteiger partial charge in [-0.1, -0.05) is 24.3 Å². The zero-order valence-corrected chi connectivity index (χ0v) is 13.8. The molecule has 2 aromatic carbocycles. The molecule has 5 nitrogen and oxygen atoms in total. The van der Waals surface area contributed by atoms with Gasteiger partial charge < -0.3 is 16.4 Å². The highest BCUT2D eigenvalue weighted by Gasteiger charge is 2.03. The number of hydrogen-bond donors (Lipinski definition) is 3. The monoisotopic (exact) mass is 328 g/mol. The Morgan fingerprint density at radius 2 is 1.67 bits per heavy atom. The number of nitrogens with zero attached hydrogens (tertiary/aromatic N) is 1. The molecule has 0 atom stereocenters. The molecule has 0 fully saturated rings. The summed E-state index contributed by atoms with van der Waals surface area (Å²) in [6.07, 6.45) is 0. The Kier molecular flexibility index (Phi) is 5.89. The number of benzene rings is 2. The van der Waals surface area contributed by atoms with Crippen molar-refractivity contribution in [1.29, 1.82) is 0 Å². The van der Waals surface area contributed by atoms with Crippen LogP contribution in [0.25, 0.3) is 0 Å². The van der Waals surface area contributed by atoms with Crippen molar-refractivity contribution < 1.29 is 9.18 Å². The number of rotatable bonds is 5. The average Bonchev–Trinajstić information content (AvgIpc) is 2.58. The summed E-state index contributed by atoms with van der Waals surface area (Å²) < 4.78 is 13.5. The highest BCUT2D eigenvalue weighted by atomic mass is 19.1. The van der Waals surface area contributed by atoms with Gasteiger partial charge in [-0.15, -0.1) is 0 Å². The van der Waals surface area contributed by atoms with Crippen LogP contribution in [0.15, 0.2) is 47.5 Å². The second kappa shape index (κ2) is 8.10. The van der Waals surface area contributed by atoms with Crippen molar-refractivity contribution in [3.63, 3.8) is 0 Å². The molecule has 0 saturated heterocycles. The number of aryl methyl sites for hydroxylation is 1. The van der Waals surface area contributed by atoms with E-state index in [1.165, 1.54) is 6.07 Å². The van der Waals surface area contributed by atoms with Crippen LogP contribution in [0, 0.1) is 12.7 Å². The van der Waals surface area contributed by atoms with E-state index in [9.17, 15) is 9.18 Å². The molecule has 1 amide bonds. The van der Waals surface area contributed by atoms with Crippen LogP contribution in [0.5, 0.6) is 0 Å². The lowest BCUT2D eigenvalue weighted by atomic mass is 10.1. The van der Waals surface area contributed by atoms with Crippen molar-refractivity contribution >= 4 is 11.9 Å². The summed E-state index contributed by atoms with van der Waals surface area (Å²) in [5.41, 5.74) is 8.14. The number of primary amides is 1. The number of nitrogens with one attached hydrogen (secondary N) is 2. The van der Waals surface area contributed by atoms with Gasteiger partial charge in [-0.05, 0) is 41.8 Å². The normalized spacial score (nSPS) is 11.2. The molecule has 4 N–H and O–H groups in total. The van der Waals surface area contributed by atoms with Gasteiger partial charge in [0.15, 0.2) is 5.96 Å². The second-order valence-corrected chi connectivity index (χ2v) is 5.42. The Bertz CT molecular complexity index is 741. The molecule has 0 unspecified atom stereocenters. The molecule has 0 aliphatic heterocycles. The molecule has 0 heterocycles. The SMILES string of the molecule is CN=C(NCc1ccc(C(N)=O)cc1)NCc1ccc(C)c(F)c1. The lowest BCUT2D eigenvalue weighted by molar-refractivity contribution is 0.100. The average molecular weight is 328 g/mol. The van der Waals surface area contributed by atoms with E-state index in [0.29, 0.717) is 30.2 Å². The first-order valence-electron chi connectivity index (χ1n) is 7.58. The first-order chi connectivity index (χ1) is 11.5. The van der Waals surface area contributed by atoms with Gasteiger partial charge in [-0.25, -0.2) is 4.39 Å². The molecule has 24 heavy (non-hydrogen) atoms. The summed E-state index contributed by atoms with van der Waals surface area (Å²) in [6, 6.07) is 12.2. The van der Waals surface area contributed by atoms with E-state index in [1.54, 1.807) is 32.2 Å². The van der Waals surface area contributed by atoms with E-state index in [4.69, 9.17) is 5.73 Å². The van der Waals surface area contributed by atoms with Gasteiger partial charge >= 0.3 is 0 Å². The molecule has 0 spiro atoms. The molecule has 0 aromatic heterocycles. The lowest BCUT2D eigenvalue weighted by Crippen LogP contribution is -2.36. The third-order valence-electron chi connectivity index (χ3n) is 3.62. The quantitative estimate of drug-likeness (QED) is 0.581.